The van der Waals surface area contributed by atoms with Crippen LogP contribution in [0.25, 0.3) is 0 Å². The van der Waals surface area contributed by atoms with E-state index in [1.54, 1.807) is 0 Å². The van der Waals surface area contributed by atoms with Crippen LogP contribution in [0.1, 0.15) is 35.8 Å². The first-order valence-electron chi connectivity index (χ1n) is 4.80. The molecule has 16 heavy (non-hydrogen) atoms. The number of hydrogen-bond acceptors (Lipinski definition) is 2. The summed E-state index contributed by atoms with van der Waals surface area (Å²) in [5, 5.41) is 3.54. The minimum Gasteiger partial charge on any atom is -0.365 e. The summed E-state index contributed by atoms with van der Waals surface area (Å²) in [4.78, 5) is 10.8. The minimum absolute atomic E-state index is 0.124. The fourth-order valence-corrected chi connectivity index (χ4v) is 1.34. The Bertz CT molecular complexity index is 384. The van der Waals surface area contributed by atoms with Crippen LogP contribution in [-0.2, 0) is 12.7 Å². The lowest BCUT2D eigenvalue weighted by atomic mass is 10.2. The second-order valence-corrected chi connectivity index (χ2v) is 3.35. The summed E-state index contributed by atoms with van der Waals surface area (Å²) < 4.78 is 38.8. The summed E-state index contributed by atoms with van der Waals surface area (Å²) in [5.41, 5.74) is 3.22. The first-order valence-corrected chi connectivity index (χ1v) is 4.80. The number of unbranched alkanes of at least 4 members (excludes halogenated alkanes) is 1. The van der Waals surface area contributed by atoms with Crippen molar-refractivity contribution < 1.29 is 18.0 Å². The minimum atomic E-state index is -4.62. The summed E-state index contributed by atoms with van der Waals surface area (Å²) in [5.74, 6) is -1.12. The van der Waals surface area contributed by atoms with E-state index in [1.807, 2.05) is 6.92 Å². The van der Waals surface area contributed by atoms with E-state index in [-0.39, 0.29) is 6.54 Å². The van der Waals surface area contributed by atoms with E-state index in [0.717, 1.165) is 17.3 Å². The molecule has 1 amide bonds. The Morgan fingerprint density at radius 3 is 2.62 bits per heavy atom. The van der Waals surface area contributed by atoms with Crippen molar-refractivity contribution in [2.45, 2.75) is 32.5 Å². The van der Waals surface area contributed by atoms with Gasteiger partial charge < -0.3 is 5.73 Å². The number of primary amides is 1. The van der Waals surface area contributed by atoms with Gasteiger partial charge >= 0.3 is 6.18 Å². The molecule has 4 nitrogen and oxygen atoms in total. The molecule has 1 aromatic heterocycles. The highest BCUT2D eigenvalue weighted by atomic mass is 19.4. The molecule has 0 aliphatic heterocycles. The molecule has 0 unspecified atom stereocenters. The van der Waals surface area contributed by atoms with Crippen LogP contribution in [0.5, 0.6) is 0 Å². The standard InChI is InChI=1S/C9H12F3N3O/c1-2-3-4-15-7(9(10,11)12)6(5-14-15)8(13)16/h5H,2-4H2,1H3,(H2,13,16). The van der Waals surface area contributed by atoms with Gasteiger partial charge in [-0.1, -0.05) is 13.3 Å². The van der Waals surface area contributed by atoms with Gasteiger partial charge in [0.15, 0.2) is 5.69 Å². The van der Waals surface area contributed by atoms with Gasteiger partial charge in [-0.3, -0.25) is 9.48 Å². The number of amides is 1. The second kappa shape index (κ2) is 4.54. The van der Waals surface area contributed by atoms with Crippen LogP contribution in [-0.4, -0.2) is 15.7 Å². The molecule has 0 fully saturated rings. The average Bonchev–Trinajstić information content (AvgIpc) is 2.57. The van der Waals surface area contributed by atoms with Gasteiger partial charge in [-0.05, 0) is 6.42 Å². The normalized spacial score (nSPS) is 11.8. The van der Waals surface area contributed by atoms with Crippen molar-refractivity contribution >= 4 is 5.91 Å². The van der Waals surface area contributed by atoms with Crippen LogP contribution < -0.4 is 5.73 Å². The fourth-order valence-electron chi connectivity index (χ4n) is 1.34. The Morgan fingerprint density at radius 2 is 2.19 bits per heavy atom. The predicted molar refractivity (Wildman–Crippen MR) is 50.7 cm³/mol. The number of alkyl halides is 3. The van der Waals surface area contributed by atoms with Crippen molar-refractivity contribution in [3.63, 3.8) is 0 Å². The van der Waals surface area contributed by atoms with Crippen LogP contribution in [0.4, 0.5) is 13.2 Å². The Kier molecular flexibility index (Phi) is 3.56. The maximum atomic E-state index is 12.7. The number of aryl methyl sites for hydroxylation is 1. The first kappa shape index (κ1) is 12.5. The van der Waals surface area contributed by atoms with E-state index in [1.165, 1.54) is 0 Å². The monoisotopic (exact) mass is 235 g/mol. The summed E-state index contributed by atoms with van der Waals surface area (Å²) in [7, 11) is 0. The highest BCUT2D eigenvalue weighted by Gasteiger charge is 2.39. The molecule has 0 spiro atoms. The van der Waals surface area contributed by atoms with Crippen LogP contribution >= 0.6 is 0 Å². The molecule has 0 saturated heterocycles. The second-order valence-electron chi connectivity index (χ2n) is 3.35. The third-order valence-corrected chi connectivity index (χ3v) is 2.10. The summed E-state index contributed by atoms with van der Waals surface area (Å²) in [6.07, 6.45) is -2.46. The molecule has 7 heteroatoms. The Labute approximate surface area is 90.2 Å². The van der Waals surface area contributed by atoms with Gasteiger partial charge in [-0.2, -0.15) is 18.3 Å². The molecule has 1 heterocycles. The lowest BCUT2D eigenvalue weighted by molar-refractivity contribution is -0.144. The van der Waals surface area contributed by atoms with Crippen molar-refractivity contribution in [3.05, 3.63) is 17.5 Å². The highest BCUT2D eigenvalue weighted by Crippen LogP contribution is 2.31. The van der Waals surface area contributed by atoms with Gasteiger partial charge in [0.2, 0.25) is 0 Å². The molecule has 0 aliphatic rings. The third kappa shape index (κ3) is 2.53. The number of nitrogens with zero attached hydrogens (tertiary/aromatic N) is 2. The zero-order valence-electron chi connectivity index (χ0n) is 8.71. The Balaban J connectivity index is 3.15. The Hall–Kier alpha value is -1.53. The molecule has 2 N–H and O–H groups in total. The van der Waals surface area contributed by atoms with Crippen molar-refractivity contribution in [2.75, 3.05) is 0 Å². The number of aromatic nitrogens is 2. The lowest BCUT2D eigenvalue weighted by Gasteiger charge is -2.11. The largest absolute Gasteiger partial charge is 0.433 e. The molecule has 1 aromatic rings. The van der Waals surface area contributed by atoms with Gasteiger partial charge in [0.05, 0.1) is 11.8 Å². The third-order valence-electron chi connectivity index (χ3n) is 2.10. The van der Waals surface area contributed by atoms with E-state index in [2.05, 4.69) is 5.10 Å². The smallest absolute Gasteiger partial charge is 0.365 e. The van der Waals surface area contributed by atoms with E-state index in [0.29, 0.717) is 6.42 Å². The van der Waals surface area contributed by atoms with Gasteiger partial charge in [-0.15, -0.1) is 0 Å². The van der Waals surface area contributed by atoms with Crippen molar-refractivity contribution in [1.82, 2.24) is 9.78 Å². The average molecular weight is 235 g/mol. The number of carbonyl (C=O) groups excluding carboxylic acids is 1. The first-order chi connectivity index (χ1) is 7.38. The quantitative estimate of drug-likeness (QED) is 0.864. The van der Waals surface area contributed by atoms with Crippen LogP contribution in [0, 0.1) is 0 Å². The molecule has 0 aliphatic carbocycles. The Morgan fingerprint density at radius 1 is 1.56 bits per heavy atom. The SMILES string of the molecule is CCCCn1ncc(C(N)=O)c1C(F)(F)F. The molecular formula is C9H12F3N3O. The maximum absolute atomic E-state index is 12.7. The molecule has 1 rings (SSSR count). The van der Waals surface area contributed by atoms with Crippen molar-refractivity contribution in [2.24, 2.45) is 5.73 Å². The number of nitrogens with two attached hydrogens (primary N) is 1. The number of rotatable bonds is 4. The molecule has 0 aromatic carbocycles. The van der Waals surface area contributed by atoms with Crippen LogP contribution in [0.3, 0.4) is 0 Å². The topological polar surface area (TPSA) is 60.9 Å². The summed E-state index contributed by atoms with van der Waals surface area (Å²) in [6, 6.07) is 0. The molecular weight excluding hydrogens is 223 g/mol. The fraction of sp³-hybridized carbons (Fsp3) is 0.556. The highest BCUT2D eigenvalue weighted by molar-refractivity contribution is 5.93. The van der Waals surface area contributed by atoms with E-state index < -0.39 is 23.3 Å². The van der Waals surface area contributed by atoms with Gasteiger partial charge in [0.1, 0.15) is 0 Å². The van der Waals surface area contributed by atoms with Crippen LogP contribution in [0.15, 0.2) is 6.20 Å². The zero-order valence-corrected chi connectivity index (χ0v) is 8.71. The molecule has 0 saturated carbocycles. The number of carbonyl (C=O) groups is 1. The summed E-state index contributed by atoms with van der Waals surface area (Å²) >= 11 is 0. The molecule has 0 bridgehead atoms. The lowest BCUT2D eigenvalue weighted by Crippen LogP contribution is -2.21. The van der Waals surface area contributed by atoms with Gasteiger partial charge in [0, 0.05) is 6.54 Å². The van der Waals surface area contributed by atoms with E-state index >= 15 is 0 Å². The molecule has 0 radical (unpaired) electrons. The van der Waals surface area contributed by atoms with Crippen molar-refractivity contribution in [1.29, 1.82) is 0 Å². The maximum Gasteiger partial charge on any atom is 0.433 e. The van der Waals surface area contributed by atoms with Crippen LogP contribution in [0.2, 0.25) is 0 Å². The zero-order chi connectivity index (χ0) is 12.3. The van der Waals surface area contributed by atoms with E-state index in [4.69, 9.17) is 5.73 Å². The summed E-state index contributed by atoms with van der Waals surface area (Å²) in [6.45, 7) is 1.98. The van der Waals surface area contributed by atoms with Gasteiger partial charge in [0.25, 0.3) is 5.91 Å². The van der Waals surface area contributed by atoms with Gasteiger partial charge in [-0.25, -0.2) is 0 Å². The predicted octanol–water partition coefficient (Wildman–Crippen LogP) is 1.80. The molecule has 0 atom stereocenters. The van der Waals surface area contributed by atoms with Crippen molar-refractivity contribution in [3.8, 4) is 0 Å². The molecule has 90 valence electrons. The number of halogens is 3. The van der Waals surface area contributed by atoms with E-state index in [9.17, 15) is 18.0 Å². The number of hydrogen-bond donors (Lipinski definition) is 1.